The Bertz CT molecular complexity index is 232. The molecule has 0 aliphatic heterocycles. The first kappa shape index (κ1) is 14.2. The van der Waals surface area contributed by atoms with Crippen molar-refractivity contribution in [3.63, 3.8) is 0 Å². The second-order valence-corrected chi connectivity index (χ2v) is 3.35. The largest absolute Gasteiger partial charge is 0.480 e. The Morgan fingerprint density at radius 2 is 2.00 bits per heavy atom. The first-order valence-electron chi connectivity index (χ1n) is 4.21. The van der Waals surface area contributed by atoms with Gasteiger partial charge in [0.15, 0.2) is 0 Å². The Balaban J connectivity index is 4.61. The molecule has 0 aliphatic rings. The lowest BCUT2D eigenvalue weighted by Crippen LogP contribution is -2.59. The zero-order chi connectivity index (χ0) is 12.3. The zero-order valence-electron chi connectivity index (χ0n) is 8.68. The van der Waals surface area contributed by atoms with Crippen LogP contribution in [-0.4, -0.2) is 42.5 Å². The molecule has 0 bridgehead atoms. The second-order valence-electron chi connectivity index (χ2n) is 3.35. The Labute approximate surface area is 85.4 Å². The van der Waals surface area contributed by atoms with Gasteiger partial charge in [-0.25, -0.2) is 0 Å². The van der Waals surface area contributed by atoms with Gasteiger partial charge in [-0.3, -0.25) is 10.1 Å². The fraction of sp³-hybridized carbons (Fsp3) is 0.875. The Morgan fingerprint density at radius 1 is 1.53 bits per heavy atom. The maximum atomic E-state index is 11.9. The van der Waals surface area contributed by atoms with Gasteiger partial charge in [0, 0.05) is 7.11 Å². The minimum Gasteiger partial charge on any atom is -0.480 e. The Kier molecular flexibility index (Phi) is 4.54. The van der Waals surface area contributed by atoms with E-state index in [1.54, 1.807) is 0 Å². The van der Waals surface area contributed by atoms with Crippen molar-refractivity contribution in [1.82, 2.24) is 5.32 Å². The van der Waals surface area contributed by atoms with Gasteiger partial charge in [-0.2, -0.15) is 13.2 Å². The molecular weight excluding hydrogens is 215 g/mol. The first-order valence-corrected chi connectivity index (χ1v) is 4.21. The van der Waals surface area contributed by atoms with E-state index in [0.29, 0.717) is 0 Å². The van der Waals surface area contributed by atoms with E-state index >= 15 is 0 Å². The molecule has 0 aliphatic carbocycles. The van der Waals surface area contributed by atoms with Crippen LogP contribution in [0.5, 0.6) is 0 Å². The molecule has 2 N–H and O–H groups in total. The van der Waals surface area contributed by atoms with E-state index in [-0.39, 0.29) is 0 Å². The Morgan fingerprint density at radius 3 is 2.27 bits per heavy atom. The van der Waals surface area contributed by atoms with Crippen LogP contribution in [-0.2, 0) is 9.53 Å². The topological polar surface area (TPSA) is 58.6 Å². The summed E-state index contributed by atoms with van der Waals surface area (Å²) < 4.78 is 40.5. The molecule has 0 fully saturated rings. The third-order valence-corrected chi connectivity index (χ3v) is 2.27. The van der Waals surface area contributed by atoms with Crippen LogP contribution in [0, 0.1) is 0 Å². The summed E-state index contributed by atoms with van der Waals surface area (Å²) in [6.07, 6.45) is -5.33. The number of aliphatic carboxylic acids is 1. The van der Waals surface area contributed by atoms with E-state index in [4.69, 9.17) is 9.84 Å². The van der Waals surface area contributed by atoms with Gasteiger partial charge in [-0.15, -0.1) is 0 Å². The van der Waals surface area contributed by atoms with Crippen LogP contribution in [0.25, 0.3) is 0 Å². The molecule has 4 nitrogen and oxygen atoms in total. The highest BCUT2D eigenvalue weighted by molar-refractivity contribution is 5.79. The van der Waals surface area contributed by atoms with Crippen LogP contribution < -0.4 is 5.32 Å². The predicted octanol–water partition coefficient (Wildman–Crippen LogP) is 1.02. The van der Waals surface area contributed by atoms with E-state index in [1.165, 1.54) is 14.0 Å². The number of hydrogen-bond donors (Lipinski definition) is 2. The lowest BCUT2D eigenvalue weighted by Gasteiger charge is -2.31. The zero-order valence-corrected chi connectivity index (χ0v) is 8.68. The molecule has 15 heavy (non-hydrogen) atoms. The van der Waals surface area contributed by atoms with E-state index in [0.717, 1.165) is 6.92 Å². The van der Waals surface area contributed by atoms with Gasteiger partial charge in [0.2, 0.25) is 0 Å². The summed E-state index contributed by atoms with van der Waals surface area (Å²) in [6.45, 7) is 1.16. The summed E-state index contributed by atoms with van der Waals surface area (Å²) in [4.78, 5) is 10.8. The average molecular weight is 229 g/mol. The third kappa shape index (κ3) is 4.05. The summed E-state index contributed by atoms with van der Waals surface area (Å²) in [5.74, 6) is -1.39. The molecule has 0 rings (SSSR count). The van der Waals surface area contributed by atoms with Crippen LogP contribution in [0.1, 0.15) is 13.8 Å². The van der Waals surface area contributed by atoms with Crippen LogP contribution >= 0.6 is 0 Å². The standard InChI is InChI=1S/C8H14F3NO3/c1-5(15-3)7(2,6(13)14)12-4-8(9,10)11/h5,12H,4H2,1-3H3,(H,13,14). The number of methoxy groups -OCH3 is 1. The van der Waals surface area contributed by atoms with Gasteiger partial charge >= 0.3 is 12.1 Å². The average Bonchev–Trinajstić information content (AvgIpc) is 2.11. The summed E-state index contributed by atoms with van der Waals surface area (Å²) in [5, 5.41) is 10.8. The minimum atomic E-state index is -4.45. The normalized spacial score (nSPS) is 18.3. The van der Waals surface area contributed by atoms with Gasteiger partial charge in [-0.05, 0) is 13.8 Å². The minimum absolute atomic E-state index is 0.877. The van der Waals surface area contributed by atoms with E-state index in [1.807, 2.05) is 5.32 Å². The van der Waals surface area contributed by atoms with Crippen molar-refractivity contribution in [2.45, 2.75) is 31.7 Å². The highest BCUT2D eigenvalue weighted by Gasteiger charge is 2.42. The molecule has 90 valence electrons. The third-order valence-electron chi connectivity index (χ3n) is 2.27. The molecule has 0 heterocycles. The lowest BCUT2D eigenvalue weighted by molar-refractivity contribution is -0.156. The number of nitrogens with one attached hydrogen (secondary N) is 1. The molecule has 0 radical (unpaired) electrons. The van der Waals surface area contributed by atoms with E-state index in [2.05, 4.69) is 0 Å². The van der Waals surface area contributed by atoms with Crippen LogP contribution in [0.3, 0.4) is 0 Å². The molecule has 0 aromatic heterocycles. The molecule has 0 spiro atoms. The van der Waals surface area contributed by atoms with Gasteiger partial charge in [0.25, 0.3) is 0 Å². The van der Waals surface area contributed by atoms with Gasteiger partial charge in [0.05, 0.1) is 12.6 Å². The number of carboxylic acid groups (broad SMARTS) is 1. The molecule has 7 heteroatoms. The van der Waals surface area contributed by atoms with Gasteiger partial charge < -0.3 is 9.84 Å². The number of carboxylic acids is 1. The monoisotopic (exact) mass is 229 g/mol. The first-order chi connectivity index (χ1) is 6.63. The SMILES string of the molecule is COC(C)C(C)(NCC(F)(F)F)C(=O)O. The van der Waals surface area contributed by atoms with Crippen LogP contribution in [0.15, 0.2) is 0 Å². The van der Waals surface area contributed by atoms with Crippen molar-refractivity contribution in [2.75, 3.05) is 13.7 Å². The lowest BCUT2D eigenvalue weighted by atomic mass is 9.96. The molecule has 0 amide bonds. The molecule has 0 saturated carbocycles. The van der Waals surface area contributed by atoms with Crippen LogP contribution in [0.4, 0.5) is 13.2 Å². The van der Waals surface area contributed by atoms with Crippen molar-refractivity contribution >= 4 is 5.97 Å². The number of rotatable bonds is 5. The molecule has 2 unspecified atom stereocenters. The fourth-order valence-electron chi connectivity index (χ4n) is 0.913. The van der Waals surface area contributed by atoms with Gasteiger partial charge in [0.1, 0.15) is 5.54 Å². The van der Waals surface area contributed by atoms with Crippen molar-refractivity contribution in [3.8, 4) is 0 Å². The number of ether oxygens (including phenoxy) is 1. The molecule has 0 saturated heterocycles. The number of carbonyl (C=O) groups is 1. The number of alkyl halides is 3. The molecule has 2 atom stereocenters. The maximum Gasteiger partial charge on any atom is 0.401 e. The highest BCUT2D eigenvalue weighted by atomic mass is 19.4. The summed E-state index contributed by atoms with van der Waals surface area (Å²) in [6, 6.07) is 0. The number of hydrogen-bond acceptors (Lipinski definition) is 3. The van der Waals surface area contributed by atoms with E-state index < -0.39 is 30.3 Å². The summed E-state index contributed by atoms with van der Waals surface area (Å²) >= 11 is 0. The van der Waals surface area contributed by atoms with Crippen molar-refractivity contribution in [3.05, 3.63) is 0 Å². The fourth-order valence-corrected chi connectivity index (χ4v) is 0.913. The highest BCUT2D eigenvalue weighted by Crippen LogP contribution is 2.18. The van der Waals surface area contributed by atoms with Crippen molar-refractivity contribution in [2.24, 2.45) is 0 Å². The second kappa shape index (κ2) is 4.80. The molecule has 0 aromatic rings. The Hall–Kier alpha value is -0.820. The smallest absolute Gasteiger partial charge is 0.401 e. The van der Waals surface area contributed by atoms with Crippen LogP contribution in [0.2, 0.25) is 0 Å². The quantitative estimate of drug-likeness (QED) is 0.738. The summed E-state index contributed by atoms with van der Waals surface area (Å²) in [7, 11) is 1.24. The molecule has 0 aromatic carbocycles. The predicted molar refractivity (Wildman–Crippen MR) is 46.6 cm³/mol. The van der Waals surface area contributed by atoms with Crippen molar-refractivity contribution < 1.29 is 27.8 Å². The maximum absolute atomic E-state index is 11.9. The van der Waals surface area contributed by atoms with E-state index in [9.17, 15) is 18.0 Å². The van der Waals surface area contributed by atoms with Crippen molar-refractivity contribution in [1.29, 1.82) is 0 Å². The number of halogens is 3. The van der Waals surface area contributed by atoms with Gasteiger partial charge in [-0.1, -0.05) is 0 Å². The summed E-state index contributed by atoms with van der Waals surface area (Å²) in [5.41, 5.74) is -1.76. The molecular formula is C8H14F3NO3.